The van der Waals surface area contributed by atoms with Gasteiger partial charge in [0, 0.05) is 6.04 Å². The summed E-state index contributed by atoms with van der Waals surface area (Å²) in [6, 6.07) is -0.284. The highest BCUT2D eigenvalue weighted by Crippen LogP contribution is 2.42. The van der Waals surface area contributed by atoms with E-state index in [0.717, 1.165) is 32.1 Å². The molecule has 4 atom stereocenters. The van der Waals surface area contributed by atoms with E-state index in [4.69, 9.17) is 9.47 Å². The third kappa shape index (κ3) is 3.30. The lowest BCUT2D eigenvalue weighted by atomic mass is 9.91. The van der Waals surface area contributed by atoms with Crippen molar-refractivity contribution in [3.63, 3.8) is 0 Å². The van der Waals surface area contributed by atoms with E-state index < -0.39 is 29.7 Å². The number of carbonyl (C=O) groups is 1. The van der Waals surface area contributed by atoms with E-state index >= 15 is 0 Å². The van der Waals surface area contributed by atoms with Crippen LogP contribution in [0, 0.1) is 11.7 Å². The second-order valence-corrected chi connectivity index (χ2v) is 8.48. The molecule has 0 saturated carbocycles. The van der Waals surface area contributed by atoms with Crippen molar-refractivity contribution in [1.82, 2.24) is 15.3 Å². The fourth-order valence-corrected chi connectivity index (χ4v) is 4.61. The summed E-state index contributed by atoms with van der Waals surface area (Å²) in [4.78, 5) is 22.2. The lowest BCUT2D eigenvalue weighted by Gasteiger charge is -2.29. The Morgan fingerprint density at radius 2 is 2.11 bits per heavy atom. The van der Waals surface area contributed by atoms with Gasteiger partial charge in [-0.05, 0) is 59.5 Å². The van der Waals surface area contributed by atoms with Crippen molar-refractivity contribution < 1.29 is 18.7 Å². The molecular weight excluding hydrogens is 365 g/mol. The van der Waals surface area contributed by atoms with Crippen molar-refractivity contribution in [3.8, 4) is 0 Å². The number of piperidine rings is 1. The highest BCUT2D eigenvalue weighted by Gasteiger charge is 2.59. The molecule has 3 aliphatic rings. The first-order valence-electron chi connectivity index (χ1n) is 9.95. The quantitative estimate of drug-likeness (QED) is 0.811. The molecule has 0 spiro atoms. The van der Waals surface area contributed by atoms with Gasteiger partial charge in [0.1, 0.15) is 11.6 Å². The molecule has 0 bridgehead atoms. The number of halogens is 1. The Bertz CT molecular complexity index is 755. The van der Waals surface area contributed by atoms with Gasteiger partial charge < -0.3 is 20.1 Å². The van der Waals surface area contributed by atoms with Crippen LogP contribution >= 0.6 is 0 Å². The molecule has 8 nitrogen and oxygen atoms in total. The van der Waals surface area contributed by atoms with Crippen LogP contribution in [-0.4, -0.2) is 59.0 Å². The third-order valence-corrected chi connectivity index (χ3v) is 6.09. The van der Waals surface area contributed by atoms with Crippen LogP contribution in [0.1, 0.15) is 40.5 Å². The Kier molecular flexibility index (Phi) is 4.91. The summed E-state index contributed by atoms with van der Waals surface area (Å²) >= 11 is 0. The van der Waals surface area contributed by atoms with Gasteiger partial charge in [0.2, 0.25) is 5.95 Å². The van der Waals surface area contributed by atoms with Crippen molar-refractivity contribution in [2.75, 3.05) is 23.3 Å². The van der Waals surface area contributed by atoms with Gasteiger partial charge in [0.15, 0.2) is 17.7 Å². The van der Waals surface area contributed by atoms with Gasteiger partial charge in [-0.3, -0.25) is 0 Å². The van der Waals surface area contributed by atoms with Gasteiger partial charge in [0.05, 0.1) is 12.3 Å². The van der Waals surface area contributed by atoms with E-state index in [1.807, 2.05) is 20.8 Å². The number of ether oxygens (including phenoxy) is 2. The van der Waals surface area contributed by atoms with E-state index in [1.165, 1.54) is 4.90 Å². The van der Waals surface area contributed by atoms with Gasteiger partial charge in [-0.15, -0.1) is 0 Å². The van der Waals surface area contributed by atoms with E-state index in [2.05, 4.69) is 27.5 Å². The molecule has 1 amide bonds. The van der Waals surface area contributed by atoms with Gasteiger partial charge in [-0.1, -0.05) is 0 Å². The molecule has 28 heavy (non-hydrogen) atoms. The van der Waals surface area contributed by atoms with Gasteiger partial charge in [-0.25, -0.2) is 19.1 Å². The van der Waals surface area contributed by atoms with Crippen molar-refractivity contribution in [2.45, 2.75) is 70.4 Å². The number of amides is 1. The van der Waals surface area contributed by atoms with Crippen LogP contribution in [0.3, 0.4) is 0 Å². The highest BCUT2D eigenvalue weighted by atomic mass is 19.1. The monoisotopic (exact) mass is 393 g/mol. The molecule has 9 heteroatoms. The van der Waals surface area contributed by atoms with Crippen molar-refractivity contribution in [3.05, 3.63) is 12.0 Å². The van der Waals surface area contributed by atoms with E-state index in [-0.39, 0.29) is 18.0 Å². The van der Waals surface area contributed by atoms with Crippen LogP contribution in [0.2, 0.25) is 0 Å². The number of hydrogen-bond acceptors (Lipinski definition) is 7. The Labute approximate surface area is 164 Å². The molecule has 3 saturated heterocycles. The van der Waals surface area contributed by atoms with Crippen LogP contribution in [0.15, 0.2) is 6.20 Å². The van der Waals surface area contributed by atoms with Crippen molar-refractivity contribution in [1.29, 1.82) is 0 Å². The first kappa shape index (κ1) is 19.3. The molecule has 154 valence electrons. The average molecular weight is 393 g/mol. The van der Waals surface area contributed by atoms with E-state index in [1.54, 1.807) is 0 Å². The summed E-state index contributed by atoms with van der Waals surface area (Å²) in [5.74, 6) is 0.0725. The first-order chi connectivity index (χ1) is 13.3. The minimum atomic E-state index is -0.658. The summed E-state index contributed by atoms with van der Waals surface area (Å²) in [5.41, 5.74) is -0.636. The smallest absolute Gasteiger partial charge is 0.416 e. The zero-order valence-corrected chi connectivity index (χ0v) is 16.7. The SMILES string of the molecule is CC1OC(C)(C)C2OC(=O)N(c3nc(N[C@@H](C)C4CCNCC4)ncc3F)[C@@H]12. The molecule has 0 aliphatic carbocycles. The number of nitrogens with one attached hydrogen (secondary N) is 2. The standard InChI is InChI=1S/C19H28FN5O3/c1-10(12-5-7-21-8-6-12)23-17-22-9-13(20)16(24-17)25-14-11(2)28-19(3,4)15(14)27-18(25)26/h9-12,14-15,21H,5-8H2,1-4H3,(H,22,23,24)/t10-,11?,14-,15?/m0/s1. The average Bonchev–Trinajstić information content (AvgIpc) is 3.11. The zero-order valence-electron chi connectivity index (χ0n) is 16.7. The molecule has 2 N–H and O–H groups in total. The molecule has 4 rings (SSSR count). The lowest BCUT2D eigenvalue weighted by molar-refractivity contribution is -0.0537. The van der Waals surface area contributed by atoms with Crippen LogP contribution in [-0.2, 0) is 9.47 Å². The number of fused-ring (bicyclic) bond motifs is 1. The molecular formula is C19H28FN5O3. The molecule has 3 aliphatic heterocycles. The number of rotatable bonds is 4. The van der Waals surface area contributed by atoms with E-state index in [0.29, 0.717) is 11.9 Å². The lowest BCUT2D eigenvalue weighted by Crippen LogP contribution is -2.43. The second-order valence-electron chi connectivity index (χ2n) is 8.48. The Morgan fingerprint density at radius 1 is 1.39 bits per heavy atom. The Morgan fingerprint density at radius 3 is 2.82 bits per heavy atom. The highest BCUT2D eigenvalue weighted by molar-refractivity contribution is 5.90. The zero-order chi connectivity index (χ0) is 20.1. The topological polar surface area (TPSA) is 88.6 Å². The summed E-state index contributed by atoms with van der Waals surface area (Å²) < 4.78 is 26.1. The normalized spacial score (nSPS) is 30.8. The molecule has 1 aromatic rings. The number of carbonyl (C=O) groups excluding carboxylic acids is 1. The molecule has 0 aromatic carbocycles. The van der Waals surface area contributed by atoms with Crippen LogP contribution in [0.4, 0.5) is 21.0 Å². The van der Waals surface area contributed by atoms with Crippen LogP contribution in [0.5, 0.6) is 0 Å². The van der Waals surface area contributed by atoms with Crippen molar-refractivity contribution in [2.24, 2.45) is 5.92 Å². The first-order valence-corrected chi connectivity index (χ1v) is 9.95. The number of hydrogen-bond donors (Lipinski definition) is 2. The molecule has 3 fully saturated rings. The minimum absolute atomic E-state index is 0.0688. The predicted octanol–water partition coefficient (Wildman–Crippen LogP) is 2.31. The fraction of sp³-hybridized carbons (Fsp3) is 0.737. The predicted molar refractivity (Wildman–Crippen MR) is 102 cm³/mol. The summed E-state index contributed by atoms with van der Waals surface area (Å²) in [7, 11) is 0. The summed E-state index contributed by atoms with van der Waals surface area (Å²) in [5, 5.41) is 6.62. The van der Waals surface area contributed by atoms with E-state index in [9.17, 15) is 9.18 Å². The van der Waals surface area contributed by atoms with Crippen LogP contribution in [0.25, 0.3) is 0 Å². The van der Waals surface area contributed by atoms with Crippen LogP contribution < -0.4 is 15.5 Å². The fourth-order valence-electron chi connectivity index (χ4n) is 4.61. The maximum atomic E-state index is 14.6. The summed E-state index contributed by atoms with van der Waals surface area (Å²) in [6.07, 6.45) is 1.85. The van der Waals surface area contributed by atoms with Gasteiger partial charge >= 0.3 is 6.09 Å². The van der Waals surface area contributed by atoms with Crippen molar-refractivity contribution >= 4 is 17.9 Å². The second kappa shape index (κ2) is 7.11. The Balaban J connectivity index is 1.58. The largest absolute Gasteiger partial charge is 0.440 e. The number of aromatic nitrogens is 2. The number of anilines is 2. The maximum absolute atomic E-state index is 14.6. The molecule has 4 heterocycles. The van der Waals surface area contributed by atoms with Gasteiger partial charge in [-0.2, -0.15) is 4.98 Å². The molecule has 2 unspecified atom stereocenters. The number of nitrogens with zero attached hydrogens (tertiary/aromatic N) is 3. The molecule has 1 aromatic heterocycles. The summed E-state index contributed by atoms with van der Waals surface area (Å²) in [6.45, 7) is 9.66. The van der Waals surface area contributed by atoms with Gasteiger partial charge in [0.25, 0.3) is 0 Å². The Hall–Kier alpha value is -2.00. The maximum Gasteiger partial charge on any atom is 0.416 e. The molecule has 0 radical (unpaired) electrons. The minimum Gasteiger partial charge on any atom is -0.440 e. The third-order valence-electron chi connectivity index (χ3n) is 6.09.